The summed E-state index contributed by atoms with van der Waals surface area (Å²) in [5.74, 6) is 1.17. The second-order valence-corrected chi connectivity index (χ2v) is 3.51. The second-order valence-electron chi connectivity index (χ2n) is 3.51. The third kappa shape index (κ3) is 4.81. The van der Waals surface area contributed by atoms with Crippen molar-refractivity contribution in [2.75, 3.05) is 26.1 Å². The highest BCUT2D eigenvalue weighted by Gasteiger charge is 2.06. The first-order valence-corrected chi connectivity index (χ1v) is 5.43. The molecule has 1 aromatic carbocycles. The van der Waals surface area contributed by atoms with Gasteiger partial charge in [0.1, 0.15) is 0 Å². The summed E-state index contributed by atoms with van der Waals surface area (Å²) in [6, 6.07) is 5.23. The summed E-state index contributed by atoms with van der Waals surface area (Å²) >= 11 is 0. The van der Waals surface area contributed by atoms with Gasteiger partial charge in [0.2, 0.25) is 5.91 Å². The first-order valence-electron chi connectivity index (χ1n) is 5.43. The van der Waals surface area contributed by atoms with Crippen molar-refractivity contribution in [1.29, 1.82) is 0 Å². The van der Waals surface area contributed by atoms with Crippen LogP contribution in [0, 0.1) is 0 Å². The first kappa shape index (κ1) is 16.5. The number of amides is 1. The summed E-state index contributed by atoms with van der Waals surface area (Å²) in [6.45, 7) is 0.513. The molecule has 102 valence electrons. The molecule has 3 N–H and O–H groups in total. The lowest BCUT2D eigenvalue weighted by Crippen LogP contribution is -2.13. The molecule has 0 aliphatic rings. The maximum atomic E-state index is 11.5. The van der Waals surface area contributed by atoms with Gasteiger partial charge in [-0.05, 0) is 25.1 Å². The fourth-order valence-corrected chi connectivity index (χ4v) is 1.40. The molecule has 1 amide bonds. The van der Waals surface area contributed by atoms with Crippen LogP contribution in [0.4, 0.5) is 5.69 Å². The standard InChI is InChI=1S/C12H18N2O3.ClH/c1-16-10-6-5-9(8-11(10)17-2)14-12(15)4-3-7-13;/h5-6,8H,3-4,7,13H2,1-2H3,(H,14,15);1H. The van der Waals surface area contributed by atoms with Crippen molar-refractivity contribution < 1.29 is 14.3 Å². The Hall–Kier alpha value is -1.46. The van der Waals surface area contributed by atoms with E-state index in [1.54, 1.807) is 32.4 Å². The molecule has 0 radical (unpaired) electrons. The van der Waals surface area contributed by atoms with Crippen LogP contribution >= 0.6 is 12.4 Å². The maximum Gasteiger partial charge on any atom is 0.224 e. The van der Waals surface area contributed by atoms with Crippen LogP contribution in [-0.4, -0.2) is 26.7 Å². The lowest BCUT2D eigenvalue weighted by Gasteiger charge is -2.10. The zero-order valence-corrected chi connectivity index (χ0v) is 11.4. The lowest BCUT2D eigenvalue weighted by molar-refractivity contribution is -0.116. The molecule has 0 atom stereocenters. The fraction of sp³-hybridized carbons (Fsp3) is 0.417. The zero-order chi connectivity index (χ0) is 12.7. The number of carbonyl (C=O) groups excluding carboxylic acids is 1. The minimum absolute atomic E-state index is 0. The highest BCUT2D eigenvalue weighted by Crippen LogP contribution is 2.29. The molecule has 0 unspecified atom stereocenters. The Balaban J connectivity index is 0.00000289. The minimum atomic E-state index is -0.0531. The summed E-state index contributed by atoms with van der Waals surface area (Å²) in [5, 5.41) is 2.77. The average Bonchev–Trinajstić information content (AvgIpc) is 2.36. The maximum absolute atomic E-state index is 11.5. The zero-order valence-electron chi connectivity index (χ0n) is 10.6. The Labute approximate surface area is 113 Å². The molecule has 0 aromatic heterocycles. The summed E-state index contributed by atoms with van der Waals surface area (Å²) in [6.07, 6.45) is 1.10. The molecule has 1 rings (SSSR count). The van der Waals surface area contributed by atoms with E-state index in [4.69, 9.17) is 15.2 Å². The van der Waals surface area contributed by atoms with Crippen LogP contribution < -0.4 is 20.5 Å². The number of halogens is 1. The number of benzene rings is 1. The minimum Gasteiger partial charge on any atom is -0.493 e. The number of hydrogen-bond donors (Lipinski definition) is 2. The number of hydrogen-bond acceptors (Lipinski definition) is 4. The van der Waals surface area contributed by atoms with Crippen molar-refractivity contribution in [3.63, 3.8) is 0 Å². The van der Waals surface area contributed by atoms with Crippen LogP contribution in [-0.2, 0) is 4.79 Å². The van der Waals surface area contributed by atoms with E-state index in [1.807, 2.05) is 0 Å². The van der Waals surface area contributed by atoms with Crippen molar-refractivity contribution >= 4 is 24.0 Å². The van der Waals surface area contributed by atoms with Gasteiger partial charge in [-0.25, -0.2) is 0 Å². The van der Waals surface area contributed by atoms with Gasteiger partial charge < -0.3 is 20.5 Å². The molecular formula is C12H19ClN2O3. The third-order valence-corrected chi connectivity index (χ3v) is 2.28. The topological polar surface area (TPSA) is 73.6 Å². The van der Waals surface area contributed by atoms with Crippen LogP contribution in [0.25, 0.3) is 0 Å². The van der Waals surface area contributed by atoms with Crippen LogP contribution in [0.15, 0.2) is 18.2 Å². The molecule has 6 heteroatoms. The Kier molecular flexibility index (Phi) is 7.91. The number of rotatable bonds is 6. The Bertz CT molecular complexity index is 386. The van der Waals surface area contributed by atoms with Crippen molar-refractivity contribution in [3.8, 4) is 11.5 Å². The largest absolute Gasteiger partial charge is 0.493 e. The fourth-order valence-electron chi connectivity index (χ4n) is 1.40. The summed E-state index contributed by atoms with van der Waals surface area (Å²) < 4.78 is 10.3. The van der Waals surface area contributed by atoms with Crippen molar-refractivity contribution in [3.05, 3.63) is 18.2 Å². The quantitative estimate of drug-likeness (QED) is 0.830. The second kappa shape index (κ2) is 8.60. The van der Waals surface area contributed by atoms with Gasteiger partial charge in [0.25, 0.3) is 0 Å². The van der Waals surface area contributed by atoms with Gasteiger partial charge >= 0.3 is 0 Å². The van der Waals surface area contributed by atoms with E-state index >= 15 is 0 Å². The predicted molar refractivity (Wildman–Crippen MR) is 73.7 cm³/mol. The number of nitrogens with two attached hydrogens (primary N) is 1. The van der Waals surface area contributed by atoms with Crippen LogP contribution in [0.5, 0.6) is 11.5 Å². The van der Waals surface area contributed by atoms with E-state index in [0.29, 0.717) is 36.6 Å². The molecule has 0 saturated carbocycles. The van der Waals surface area contributed by atoms with Crippen LogP contribution in [0.1, 0.15) is 12.8 Å². The molecular weight excluding hydrogens is 256 g/mol. The third-order valence-electron chi connectivity index (χ3n) is 2.28. The molecule has 0 spiro atoms. The number of ether oxygens (including phenoxy) is 2. The molecule has 0 fully saturated rings. The predicted octanol–water partition coefficient (Wildman–Crippen LogP) is 1.80. The van der Waals surface area contributed by atoms with E-state index in [9.17, 15) is 4.79 Å². The molecule has 0 aliphatic carbocycles. The van der Waals surface area contributed by atoms with E-state index in [2.05, 4.69) is 5.32 Å². The number of carbonyl (C=O) groups is 1. The van der Waals surface area contributed by atoms with Crippen molar-refractivity contribution in [2.24, 2.45) is 5.73 Å². The summed E-state index contributed by atoms with van der Waals surface area (Å²) in [5.41, 5.74) is 6.02. The normalized spacial score (nSPS) is 9.28. The van der Waals surface area contributed by atoms with E-state index < -0.39 is 0 Å². The van der Waals surface area contributed by atoms with Gasteiger partial charge in [-0.15, -0.1) is 12.4 Å². The van der Waals surface area contributed by atoms with Gasteiger partial charge in [0, 0.05) is 18.2 Å². The van der Waals surface area contributed by atoms with Crippen LogP contribution in [0.2, 0.25) is 0 Å². The van der Waals surface area contributed by atoms with Crippen molar-refractivity contribution in [2.45, 2.75) is 12.8 Å². The monoisotopic (exact) mass is 274 g/mol. The molecule has 0 saturated heterocycles. The highest BCUT2D eigenvalue weighted by molar-refractivity contribution is 5.91. The van der Waals surface area contributed by atoms with Crippen molar-refractivity contribution in [1.82, 2.24) is 0 Å². The molecule has 0 heterocycles. The SMILES string of the molecule is COc1ccc(NC(=O)CCCN)cc1OC.Cl. The Morgan fingerprint density at radius 1 is 1.28 bits per heavy atom. The average molecular weight is 275 g/mol. The Morgan fingerprint density at radius 3 is 2.50 bits per heavy atom. The van der Waals surface area contributed by atoms with Gasteiger partial charge in [0.05, 0.1) is 14.2 Å². The molecule has 18 heavy (non-hydrogen) atoms. The molecule has 5 nitrogen and oxygen atoms in total. The van der Waals surface area contributed by atoms with Gasteiger partial charge in [-0.1, -0.05) is 0 Å². The van der Waals surface area contributed by atoms with E-state index in [1.165, 1.54) is 0 Å². The number of nitrogens with one attached hydrogen (secondary N) is 1. The van der Waals surface area contributed by atoms with Crippen LogP contribution in [0.3, 0.4) is 0 Å². The summed E-state index contributed by atoms with van der Waals surface area (Å²) in [7, 11) is 3.12. The first-order chi connectivity index (χ1) is 8.21. The molecule has 0 bridgehead atoms. The van der Waals surface area contributed by atoms with Gasteiger partial charge in [-0.3, -0.25) is 4.79 Å². The van der Waals surface area contributed by atoms with E-state index in [0.717, 1.165) is 0 Å². The lowest BCUT2D eigenvalue weighted by atomic mass is 10.2. The Morgan fingerprint density at radius 2 is 1.94 bits per heavy atom. The summed E-state index contributed by atoms with van der Waals surface area (Å²) in [4.78, 5) is 11.5. The van der Waals surface area contributed by atoms with E-state index in [-0.39, 0.29) is 18.3 Å². The van der Waals surface area contributed by atoms with Gasteiger partial charge in [-0.2, -0.15) is 0 Å². The smallest absolute Gasteiger partial charge is 0.224 e. The van der Waals surface area contributed by atoms with Gasteiger partial charge in [0.15, 0.2) is 11.5 Å². The highest BCUT2D eigenvalue weighted by atomic mass is 35.5. The molecule has 0 aliphatic heterocycles. The number of anilines is 1. The number of methoxy groups -OCH3 is 2. The molecule has 1 aromatic rings.